The van der Waals surface area contributed by atoms with Gasteiger partial charge in [-0.25, -0.2) is 4.98 Å². The van der Waals surface area contributed by atoms with Gasteiger partial charge in [0.25, 0.3) is 5.91 Å². The van der Waals surface area contributed by atoms with E-state index < -0.39 is 0 Å². The number of carbonyl (C=O) groups excluding carboxylic acids is 1. The van der Waals surface area contributed by atoms with Crippen LogP contribution in [0.15, 0.2) is 42.5 Å². The number of hydrogen-bond donors (Lipinski definition) is 1. The monoisotopic (exact) mass is 350 g/mol. The number of nitrogens with zero attached hydrogens (tertiary/aromatic N) is 1. The SMILES string of the molecule is CCc1ccc(-c2nc(C)c(C(=O)Nc3c(C)cccc3C)s2)cc1. The average molecular weight is 350 g/mol. The van der Waals surface area contributed by atoms with E-state index in [1.54, 1.807) is 0 Å². The van der Waals surface area contributed by atoms with Crippen LogP contribution < -0.4 is 5.32 Å². The number of amides is 1. The fraction of sp³-hybridized carbons (Fsp3) is 0.238. The lowest BCUT2D eigenvalue weighted by molar-refractivity contribution is 0.102. The molecule has 128 valence electrons. The number of benzene rings is 2. The smallest absolute Gasteiger partial charge is 0.267 e. The molecule has 0 aliphatic heterocycles. The number of nitrogens with one attached hydrogen (secondary N) is 1. The molecule has 0 radical (unpaired) electrons. The number of thiazole rings is 1. The first-order valence-electron chi connectivity index (χ1n) is 8.44. The quantitative estimate of drug-likeness (QED) is 0.670. The van der Waals surface area contributed by atoms with Gasteiger partial charge in [-0.15, -0.1) is 11.3 Å². The normalized spacial score (nSPS) is 10.7. The van der Waals surface area contributed by atoms with Gasteiger partial charge in [0.15, 0.2) is 0 Å². The lowest BCUT2D eigenvalue weighted by Crippen LogP contribution is -2.13. The summed E-state index contributed by atoms with van der Waals surface area (Å²) in [7, 11) is 0. The van der Waals surface area contributed by atoms with Crippen LogP contribution in [0.4, 0.5) is 5.69 Å². The molecule has 0 saturated heterocycles. The lowest BCUT2D eigenvalue weighted by atomic mass is 10.1. The Morgan fingerprint density at radius 2 is 1.68 bits per heavy atom. The zero-order valence-electron chi connectivity index (χ0n) is 15.0. The topological polar surface area (TPSA) is 42.0 Å². The van der Waals surface area contributed by atoms with Gasteiger partial charge in [0.05, 0.1) is 5.69 Å². The van der Waals surface area contributed by atoms with E-state index in [1.807, 2.05) is 39.0 Å². The Morgan fingerprint density at radius 1 is 1.04 bits per heavy atom. The summed E-state index contributed by atoms with van der Waals surface area (Å²) >= 11 is 1.44. The molecule has 3 nitrogen and oxygen atoms in total. The molecule has 25 heavy (non-hydrogen) atoms. The van der Waals surface area contributed by atoms with Crippen LogP contribution in [0, 0.1) is 20.8 Å². The van der Waals surface area contributed by atoms with Gasteiger partial charge in [0, 0.05) is 11.3 Å². The van der Waals surface area contributed by atoms with Crippen LogP contribution in [0.2, 0.25) is 0 Å². The van der Waals surface area contributed by atoms with Crippen LogP contribution in [0.25, 0.3) is 10.6 Å². The van der Waals surface area contributed by atoms with Gasteiger partial charge in [0.2, 0.25) is 0 Å². The summed E-state index contributed by atoms with van der Waals surface area (Å²) in [5, 5.41) is 3.93. The Kier molecular flexibility index (Phi) is 5.00. The van der Waals surface area contributed by atoms with Crippen LogP contribution in [0.1, 0.15) is 39.0 Å². The van der Waals surface area contributed by atoms with Gasteiger partial charge in [-0.2, -0.15) is 0 Å². The zero-order valence-corrected chi connectivity index (χ0v) is 15.8. The highest BCUT2D eigenvalue weighted by Gasteiger charge is 2.17. The second-order valence-corrected chi connectivity index (χ2v) is 7.20. The van der Waals surface area contributed by atoms with Gasteiger partial charge in [-0.3, -0.25) is 4.79 Å². The van der Waals surface area contributed by atoms with Gasteiger partial charge >= 0.3 is 0 Å². The molecule has 1 N–H and O–H groups in total. The number of rotatable bonds is 4. The van der Waals surface area contributed by atoms with Crippen molar-refractivity contribution in [2.24, 2.45) is 0 Å². The van der Waals surface area contributed by atoms with Crippen molar-refractivity contribution >= 4 is 22.9 Å². The van der Waals surface area contributed by atoms with E-state index in [0.29, 0.717) is 4.88 Å². The first-order chi connectivity index (χ1) is 12.0. The molecule has 3 rings (SSSR count). The fourth-order valence-corrected chi connectivity index (χ4v) is 3.76. The number of hydrogen-bond acceptors (Lipinski definition) is 3. The molecule has 0 fully saturated rings. The van der Waals surface area contributed by atoms with Crippen LogP contribution in [-0.4, -0.2) is 10.9 Å². The minimum atomic E-state index is -0.0937. The highest BCUT2D eigenvalue weighted by Crippen LogP contribution is 2.29. The molecule has 1 heterocycles. The predicted octanol–water partition coefficient (Wildman–Crippen LogP) is 5.55. The van der Waals surface area contributed by atoms with Crippen molar-refractivity contribution in [2.45, 2.75) is 34.1 Å². The molecule has 0 aliphatic rings. The summed E-state index contributed by atoms with van der Waals surface area (Å²) in [6.45, 7) is 8.03. The van der Waals surface area contributed by atoms with Crippen LogP contribution in [0.3, 0.4) is 0 Å². The molecule has 0 bridgehead atoms. The third kappa shape index (κ3) is 3.64. The molecule has 0 unspecified atom stereocenters. The molecule has 2 aromatic carbocycles. The van der Waals surface area contributed by atoms with Crippen molar-refractivity contribution in [2.75, 3.05) is 5.32 Å². The van der Waals surface area contributed by atoms with Gasteiger partial charge in [-0.05, 0) is 43.9 Å². The minimum Gasteiger partial charge on any atom is -0.321 e. The highest BCUT2D eigenvalue weighted by molar-refractivity contribution is 7.17. The van der Waals surface area contributed by atoms with Gasteiger partial charge in [-0.1, -0.05) is 49.4 Å². The zero-order chi connectivity index (χ0) is 18.0. The van der Waals surface area contributed by atoms with Crippen molar-refractivity contribution in [3.05, 3.63) is 69.7 Å². The van der Waals surface area contributed by atoms with E-state index in [9.17, 15) is 4.79 Å². The molecule has 4 heteroatoms. The number of aromatic nitrogens is 1. The summed E-state index contributed by atoms with van der Waals surface area (Å²) in [6.07, 6.45) is 1.01. The molecule has 3 aromatic rings. The van der Waals surface area contributed by atoms with Crippen LogP contribution in [-0.2, 0) is 6.42 Å². The molecule has 0 spiro atoms. The maximum Gasteiger partial charge on any atom is 0.267 e. The second-order valence-electron chi connectivity index (χ2n) is 6.20. The van der Waals surface area contributed by atoms with Crippen molar-refractivity contribution in [3.63, 3.8) is 0 Å². The second kappa shape index (κ2) is 7.19. The summed E-state index contributed by atoms with van der Waals surface area (Å²) in [5.74, 6) is -0.0937. The third-order valence-electron chi connectivity index (χ3n) is 4.33. The molecule has 0 atom stereocenters. The lowest BCUT2D eigenvalue weighted by Gasteiger charge is -2.10. The molecule has 1 aromatic heterocycles. The Balaban J connectivity index is 1.87. The number of para-hydroxylation sites is 1. The van der Waals surface area contributed by atoms with Crippen molar-refractivity contribution in [3.8, 4) is 10.6 Å². The minimum absolute atomic E-state index is 0.0937. The van der Waals surface area contributed by atoms with Crippen LogP contribution >= 0.6 is 11.3 Å². The summed E-state index contributed by atoms with van der Waals surface area (Å²) < 4.78 is 0. The van der Waals surface area contributed by atoms with Crippen molar-refractivity contribution in [1.82, 2.24) is 4.98 Å². The summed E-state index contributed by atoms with van der Waals surface area (Å²) in [5.41, 5.74) is 6.12. The first kappa shape index (κ1) is 17.4. The molecule has 1 amide bonds. The van der Waals surface area contributed by atoms with Crippen LogP contribution in [0.5, 0.6) is 0 Å². The Bertz CT molecular complexity index is 890. The van der Waals surface area contributed by atoms with E-state index in [1.165, 1.54) is 16.9 Å². The number of anilines is 1. The van der Waals surface area contributed by atoms with Gasteiger partial charge < -0.3 is 5.32 Å². The average Bonchev–Trinajstić information content (AvgIpc) is 3.00. The number of carbonyl (C=O) groups is 1. The summed E-state index contributed by atoms with van der Waals surface area (Å²) in [6, 6.07) is 14.4. The maximum absolute atomic E-state index is 12.7. The van der Waals surface area contributed by atoms with Crippen molar-refractivity contribution < 1.29 is 4.79 Å². The Labute approximate surface area is 152 Å². The van der Waals surface area contributed by atoms with E-state index in [2.05, 4.69) is 41.5 Å². The third-order valence-corrected chi connectivity index (χ3v) is 5.54. The predicted molar refractivity (Wildman–Crippen MR) is 106 cm³/mol. The Morgan fingerprint density at radius 3 is 2.28 bits per heavy atom. The largest absolute Gasteiger partial charge is 0.321 e. The molecular formula is C21H22N2OS. The number of aryl methyl sites for hydroxylation is 4. The molecule has 0 saturated carbocycles. The Hall–Kier alpha value is -2.46. The van der Waals surface area contributed by atoms with E-state index in [0.717, 1.165) is 39.5 Å². The standard InChI is InChI=1S/C21H22N2OS/c1-5-16-9-11-17(12-10-16)21-22-15(4)19(25-21)20(24)23-18-13(2)7-6-8-14(18)3/h6-12H,5H2,1-4H3,(H,23,24). The van der Waals surface area contributed by atoms with Gasteiger partial charge in [0.1, 0.15) is 9.88 Å². The fourth-order valence-electron chi connectivity index (χ4n) is 2.80. The molecular weight excluding hydrogens is 328 g/mol. The van der Waals surface area contributed by atoms with Crippen molar-refractivity contribution in [1.29, 1.82) is 0 Å². The van der Waals surface area contributed by atoms with E-state index in [-0.39, 0.29) is 5.91 Å². The van der Waals surface area contributed by atoms with E-state index >= 15 is 0 Å². The first-order valence-corrected chi connectivity index (χ1v) is 9.25. The highest BCUT2D eigenvalue weighted by atomic mass is 32.1. The van der Waals surface area contributed by atoms with E-state index in [4.69, 9.17) is 0 Å². The molecule has 0 aliphatic carbocycles. The maximum atomic E-state index is 12.7. The summed E-state index contributed by atoms with van der Waals surface area (Å²) in [4.78, 5) is 18.0.